The average Bonchev–Trinajstić information content (AvgIpc) is 3.46. The molecule has 0 aromatic heterocycles. The monoisotopic (exact) mass is 829 g/mol. The lowest BCUT2D eigenvalue weighted by Gasteiger charge is -2.30. The normalized spacial score (nSPS) is 16.6. The third-order valence-corrected chi connectivity index (χ3v) is 12.9. The number of aliphatic hydroxyl groups excluding tert-OH is 1. The summed E-state index contributed by atoms with van der Waals surface area (Å²) < 4.78 is 0. The van der Waals surface area contributed by atoms with Gasteiger partial charge in [0.25, 0.3) is 0 Å². The summed E-state index contributed by atoms with van der Waals surface area (Å²) in [6.07, 6.45) is 34.9. The summed E-state index contributed by atoms with van der Waals surface area (Å²) in [7, 11) is 0. The van der Waals surface area contributed by atoms with E-state index < -0.39 is 23.1 Å². The third kappa shape index (κ3) is 16.0. The van der Waals surface area contributed by atoms with E-state index in [1.807, 2.05) is 12.1 Å². The molecular formula is C53H84N2O5. The number of hydrogen-bond acceptors (Lipinski definition) is 7. The first-order valence-corrected chi connectivity index (χ1v) is 24.7. The van der Waals surface area contributed by atoms with Crippen LogP contribution in [0, 0.1) is 11.8 Å². The Morgan fingerprint density at radius 1 is 0.517 bits per heavy atom. The van der Waals surface area contributed by atoms with Gasteiger partial charge in [0.1, 0.15) is 11.5 Å². The number of likely N-dealkylation sites (N-methyl/N-ethyl adjacent to an activating group) is 1. The van der Waals surface area contributed by atoms with Gasteiger partial charge in [-0.2, -0.15) is 0 Å². The van der Waals surface area contributed by atoms with Gasteiger partial charge in [-0.3, -0.25) is 14.4 Å². The molecule has 0 aliphatic heterocycles. The van der Waals surface area contributed by atoms with Crippen LogP contribution in [0.4, 0.5) is 5.69 Å². The Balaban J connectivity index is 1.79. The van der Waals surface area contributed by atoms with E-state index in [2.05, 4.69) is 51.3 Å². The summed E-state index contributed by atoms with van der Waals surface area (Å²) in [5.41, 5.74) is 1.20. The number of aliphatic hydroxyl groups is 1. The summed E-state index contributed by atoms with van der Waals surface area (Å²) in [6, 6.07) is 5.13. The van der Waals surface area contributed by atoms with Crippen LogP contribution in [0.25, 0.3) is 5.57 Å². The molecule has 0 saturated heterocycles. The van der Waals surface area contributed by atoms with E-state index in [1.54, 1.807) is 24.3 Å². The van der Waals surface area contributed by atoms with Gasteiger partial charge >= 0.3 is 0 Å². The topological polar surface area (TPSA) is 98.2 Å². The molecule has 1 aromatic rings. The van der Waals surface area contributed by atoms with Crippen LogP contribution in [0.1, 0.15) is 201 Å². The number of benzene rings is 1. The fourth-order valence-electron chi connectivity index (χ4n) is 9.17. The number of ketones is 3. The minimum Gasteiger partial charge on any atom is -0.507 e. The molecule has 2 aliphatic rings. The highest BCUT2D eigenvalue weighted by Crippen LogP contribution is 2.40. The summed E-state index contributed by atoms with van der Waals surface area (Å²) in [6.45, 7) is 16.5. The maximum Gasteiger partial charge on any atom is 0.238 e. The standard InChI is InChI=1S/C53H84N2O5/c1-7-13-17-21-23-27-31-41(29-25-19-15-9-3)39-54(11-5)43-33-35-45(47(56)37-43)49-51(58)50(53(60)52(49)59)46-36-34-44(38-48(46)57)55(12-6)40-42(30-26-20-16-10-4)32-28-24-22-18-14-8-2/h33-38,41-42,56,58H,7-32,39-40H2,1-6H3/b50-46+. The van der Waals surface area contributed by atoms with Gasteiger partial charge in [-0.1, -0.05) is 156 Å². The van der Waals surface area contributed by atoms with Gasteiger partial charge in [-0.15, -0.1) is 0 Å². The zero-order valence-electron chi connectivity index (χ0n) is 38.9. The van der Waals surface area contributed by atoms with Crippen molar-refractivity contribution in [3.05, 3.63) is 64.6 Å². The number of allylic oxidation sites excluding steroid dienone is 6. The lowest BCUT2D eigenvalue weighted by molar-refractivity contribution is -0.130. The van der Waals surface area contributed by atoms with Gasteiger partial charge in [-0.25, -0.2) is 0 Å². The van der Waals surface area contributed by atoms with E-state index in [1.165, 1.54) is 154 Å². The van der Waals surface area contributed by atoms with Crippen LogP contribution in [0.2, 0.25) is 0 Å². The van der Waals surface area contributed by atoms with Crippen molar-refractivity contribution in [3.8, 4) is 5.75 Å². The summed E-state index contributed by atoms with van der Waals surface area (Å²) in [4.78, 5) is 45.3. The number of Topliss-reactive ketones (excluding diaryl/α,β-unsaturated/α-hetero) is 2. The first kappa shape index (κ1) is 50.7. The lowest BCUT2D eigenvalue weighted by Crippen LogP contribution is -2.30. The van der Waals surface area contributed by atoms with Gasteiger partial charge < -0.3 is 20.0 Å². The fourth-order valence-corrected chi connectivity index (χ4v) is 9.17. The summed E-state index contributed by atoms with van der Waals surface area (Å²) >= 11 is 0. The van der Waals surface area contributed by atoms with E-state index in [4.69, 9.17) is 0 Å². The smallest absolute Gasteiger partial charge is 0.238 e. The Hall–Kier alpha value is -3.61. The van der Waals surface area contributed by atoms with Gasteiger partial charge in [-0.05, 0) is 75.7 Å². The second kappa shape index (κ2) is 28.8. The lowest BCUT2D eigenvalue weighted by atomic mass is 9.92. The molecule has 0 spiro atoms. The number of unbranched alkanes of at least 4 members (excludes halogenated alkanes) is 16. The molecule has 1 aromatic carbocycles. The first-order chi connectivity index (χ1) is 29.1. The molecule has 0 heterocycles. The third-order valence-electron chi connectivity index (χ3n) is 12.9. The number of carbonyl (C=O) groups is 3. The van der Waals surface area contributed by atoms with Crippen molar-refractivity contribution >= 4 is 28.6 Å². The van der Waals surface area contributed by atoms with Crippen molar-refractivity contribution in [3.63, 3.8) is 0 Å². The molecule has 7 nitrogen and oxygen atoms in total. The summed E-state index contributed by atoms with van der Waals surface area (Å²) in [5.74, 6) is -1.89. The molecular weight excluding hydrogens is 745 g/mol. The van der Waals surface area contributed by atoms with E-state index in [-0.39, 0.29) is 28.0 Å². The molecule has 3 rings (SSSR count). The highest BCUT2D eigenvalue weighted by Gasteiger charge is 2.41. The van der Waals surface area contributed by atoms with Crippen LogP contribution < -0.4 is 4.90 Å². The second-order valence-corrected chi connectivity index (χ2v) is 17.8. The molecule has 60 heavy (non-hydrogen) atoms. The van der Waals surface area contributed by atoms with Gasteiger partial charge in [0, 0.05) is 60.8 Å². The van der Waals surface area contributed by atoms with Gasteiger partial charge in [0.05, 0.1) is 11.1 Å². The minimum atomic E-state index is -0.926. The predicted octanol–water partition coefficient (Wildman–Crippen LogP) is 14.0. The molecule has 2 atom stereocenters. The van der Waals surface area contributed by atoms with Crippen molar-refractivity contribution in [2.24, 2.45) is 11.8 Å². The molecule has 0 bridgehead atoms. The Bertz CT molecular complexity index is 1600. The maximum absolute atomic E-state index is 13.7. The second-order valence-electron chi connectivity index (χ2n) is 17.8. The van der Waals surface area contributed by atoms with Gasteiger partial charge in [0.2, 0.25) is 11.6 Å². The molecule has 0 radical (unpaired) electrons. The number of nitrogens with zero attached hydrogens (tertiary/aromatic N) is 2. The van der Waals surface area contributed by atoms with Crippen molar-refractivity contribution in [1.29, 1.82) is 0 Å². The quantitative estimate of drug-likeness (QED) is 0.0414. The molecule has 2 aliphatic carbocycles. The zero-order chi connectivity index (χ0) is 43.7. The van der Waals surface area contributed by atoms with Crippen LogP contribution in [0.15, 0.2) is 59.0 Å². The number of aromatic hydroxyl groups is 1. The van der Waals surface area contributed by atoms with Crippen molar-refractivity contribution in [1.82, 2.24) is 4.90 Å². The molecule has 2 N–H and O–H groups in total. The number of rotatable bonds is 33. The molecule has 0 saturated carbocycles. The van der Waals surface area contributed by atoms with E-state index >= 15 is 0 Å². The summed E-state index contributed by atoms with van der Waals surface area (Å²) in [5, 5.41) is 22.9. The SMILES string of the molecule is CCCCCCCCC(CCCCCC)CN(CC)C1=CC(=O)/C(=C2/C(=O)C(=O)C(c3ccc(N(CC)CC(CCCCCC)CCCCCCCC)cc3O)=C2O)C=C1. The molecule has 0 fully saturated rings. The Morgan fingerprint density at radius 3 is 1.40 bits per heavy atom. The molecule has 2 unspecified atom stereocenters. The van der Waals surface area contributed by atoms with Crippen LogP contribution in [0.3, 0.4) is 0 Å². The van der Waals surface area contributed by atoms with Crippen LogP contribution >= 0.6 is 0 Å². The predicted molar refractivity (Wildman–Crippen MR) is 253 cm³/mol. The molecule has 336 valence electrons. The minimum absolute atomic E-state index is 0.00691. The Kier molecular flexibility index (Phi) is 24.4. The van der Waals surface area contributed by atoms with E-state index in [0.29, 0.717) is 11.8 Å². The number of phenols is 1. The van der Waals surface area contributed by atoms with E-state index in [0.717, 1.165) is 37.6 Å². The number of phenolic OH excluding ortho intramolecular Hbond substituents is 1. The van der Waals surface area contributed by atoms with Crippen LogP contribution in [-0.4, -0.2) is 58.6 Å². The Labute approximate surface area is 365 Å². The fraction of sp³-hybridized carbons (Fsp3) is 0.679. The van der Waals surface area contributed by atoms with Gasteiger partial charge in [0.15, 0.2) is 5.78 Å². The first-order valence-electron chi connectivity index (χ1n) is 24.7. The largest absolute Gasteiger partial charge is 0.507 e. The van der Waals surface area contributed by atoms with Crippen LogP contribution in [-0.2, 0) is 14.4 Å². The average molecular weight is 829 g/mol. The number of carbonyl (C=O) groups excluding carboxylic acids is 3. The zero-order valence-corrected chi connectivity index (χ0v) is 38.9. The van der Waals surface area contributed by atoms with Crippen molar-refractivity contribution < 1.29 is 24.6 Å². The van der Waals surface area contributed by atoms with Crippen molar-refractivity contribution in [2.45, 2.75) is 196 Å². The van der Waals surface area contributed by atoms with Crippen LogP contribution in [0.5, 0.6) is 5.75 Å². The van der Waals surface area contributed by atoms with Crippen molar-refractivity contribution in [2.75, 3.05) is 31.1 Å². The molecule has 0 amide bonds. The maximum atomic E-state index is 13.7. The highest BCUT2D eigenvalue weighted by molar-refractivity contribution is 6.63. The molecule has 7 heteroatoms. The number of anilines is 1. The number of hydrogen-bond donors (Lipinski definition) is 2. The Morgan fingerprint density at radius 2 is 0.950 bits per heavy atom. The van der Waals surface area contributed by atoms with E-state index in [9.17, 15) is 24.6 Å². The highest BCUT2D eigenvalue weighted by atomic mass is 16.3.